The second kappa shape index (κ2) is 7.38. The molecule has 0 radical (unpaired) electrons. The fourth-order valence-corrected chi connectivity index (χ4v) is 3.33. The fourth-order valence-electron chi connectivity index (χ4n) is 2.72. The smallest absolute Gasteiger partial charge is 0.320 e. The second-order valence-electron chi connectivity index (χ2n) is 5.29. The van der Waals surface area contributed by atoms with E-state index in [0.717, 1.165) is 36.6 Å². The number of aromatic nitrogens is 1. The lowest BCUT2D eigenvalue weighted by Gasteiger charge is -2.31. The topological polar surface area (TPSA) is 63.2 Å². The molecule has 0 aromatic carbocycles. The molecule has 1 aliphatic heterocycles. The molecule has 2 aromatic rings. The molecule has 22 heavy (non-hydrogen) atoms. The van der Waals surface area contributed by atoms with Gasteiger partial charge >= 0.3 is 6.03 Å². The van der Waals surface area contributed by atoms with Crippen LogP contribution in [0.1, 0.15) is 24.4 Å². The van der Waals surface area contributed by atoms with E-state index in [9.17, 15) is 4.79 Å². The van der Waals surface area contributed by atoms with Gasteiger partial charge in [0.1, 0.15) is 0 Å². The number of hydrogen-bond acceptors (Lipinski definition) is 4. The fraction of sp³-hybridized carbons (Fsp3) is 0.375. The molecule has 3 heterocycles. The van der Waals surface area contributed by atoms with Crippen molar-refractivity contribution in [2.75, 3.05) is 18.5 Å². The normalized spacial score (nSPS) is 16.9. The monoisotopic (exact) mass is 317 g/mol. The van der Waals surface area contributed by atoms with E-state index in [1.54, 1.807) is 6.20 Å². The molecule has 2 N–H and O–H groups in total. The van der Waals surface area contributed by atoms with Gasteiger partial charge in [-0.15, -0.1) is 11.3 Å². The average Bonchev–Trinajstić information content (AvgIpc) is 3.07. The highest BCUT2D eigenvalue weighted by atomic mass is 32.1. The molecule has 0 bridgehead atoms. The SMILES string of the molecule is O=C(Nc1cccs1)N[C@H](c1cccnc1)C1CCOCC1. The van der Waals surface area contributed by atoms with Crippen LogP contribution in [0.25, 0.3) is 0 Å². The molecule has 2 aromatic heterocycles. The van der Waals surface area contributed by atoms with E-state index in [4.69, 9.17) is 4.74 Å². The van der Waals surface area contributed by atoms with E-state index in [1.807, 2.05) is 35.8 Å². The number of nitrogens with zero attached hydrogens (tertiary/aromatic N) is 1. The van der Waals surface area contributed by atoms with Crippen molar-refractivity contribution in [3.63, 3.8) is 0 Å². The van der Waals surface area contributed by atoms with Crippen LogP contribution in [0.3, 0.4) is 0 Å². The summed E-state index contributed by atoms with van der Waals surface area (Å²) in [4.78, 5) is 16.5. The Kier molecular flexibility index (Phi) is 5.03. The van der Waals surface area contributed by atoms with E-state index >= 15 is 0 Å². The second-order valence-corrected chi connectivity index (χ2v) is 6.24. The van der Waals surface area contributed by atoms with Crippen LogP contribution in [0.4, 0.5) is 9.80 Å². The lowest BCUT2D eigenvalue weighted by molar-refractivity contribution is 0.0550. The van der Waals surface area contributed by atoms with Gasteiger partial charge in [-0.3, -0.25) is 10.3 Å². The number of amides is 2. The van der Waals surface area contributed by atoms with Gasteiger partial charge in [0.2, 0.25) is 0 Å². The Labute approximate surface area is 133 Å². The van der Waals surface area contributed by atoms with Crippen LogP contribution in [0.15, 0.2) is 42.0 Å². The van der Waals surface area contributed by atoms with E-state index in [2.05, 4.69) is 15.6 Å². The molecule has 1 saturated heterocycles. The first-order chi connectivity index (χ1) is 10.8. The summed E-state index contributed by atoms with van der Waals surface area (Å²) < 4.78 is 5.43. The molecule has 0 unspecified atom stereocenters. The third kappa shape index (κ3) is 3.84. The van der Waals surface area contributed by atoms with Crippen molar-refractivity contribution >= 4 is 22.4 Å². The summed E-state index contributed by atoms with van der Waals surface area (Å²) in [5.74, 6) is 0.368. The Morgan fingerprint density at radius 2 is 2.18 bits per heavy atom. The molecule has 6 heteroatoms. The van der Waals surface area contributed by atoms with Gasteiger partial charge in [-0.05, 0) is 47.9 Å². The summed E-state index contributed by atoms with van der Waals surface area (Å²) in [5.41, 5.74) is 1.04. The van der Waals surface area contributed by atoms with Crippen LogP contribution >= 0.6 is 11.3 Å². The largest absolute Gasteiger partial charge is 0.381 e. The van der Waals surface area contributed by atoms with E-state index in [0.29, 0.717) is 5.92 Å². The van der Waals surface area contributed by atoms with Crippen molar-refractivity contribution in [1.29, 1.82) is 0 Å². The van der Waals surface area contributed by atoms with E-state index in [-0.39, 0.29) is 12.1 Å². The van der Waals surface area contributed by atoms with Gasteiger partial charge in [-0.2, -0.15) is 0 Å². The van der Waals surface area contributed by atoms with Gasteiger partial charge in [-0.1, -0.05) is 6.07 Å². The standard InChI is InChI=1S/C16H19N3O2S/c20-16(18-14-4-2-10-22-14)19-15(12-5-8-21-9-6-12)13-3-1-7-17-11-13/h1-4,7,10-12,15H,5-6,8-9H2,(H2,18,19,20)/t15-/m0/s1. The minimum atomic E-state index is -0.178. The first-order valence-electron chi connectivity index (χ1n) is 7.41. The number of carbonyl (C=O) groups excluding carboxylic acids is 1. The number of rotatable bonds is 4. The maximum Gasteiger partial charge on any atom is 0.320 e. The summed E-state index contributed by atoms with van der Waals surface area (Å²) in [7, 11) is 0. The predicted octanol–water partition coefficient (Wildman–Crippen LogP) is 3.43. The molecule has 1 fully saturated rings. The zero-order valence-corrected chi connectivity index (χ0v) is 13.0. The Bertz CT molecular complexity index is 583. The lowest BCUT2D eigenvalue weighted by Crippen LogP contribution is -2.38. The number of anilines is 1. The minimum absolute atomic E-state index is 0.0439. The highest BCUT2D eigenvalue weighted by Crippen LogP contribution is 2.30. The van der Waals surface area contributed by atoms with Crippen molar-refractivity contribution in [3.05, 3.63) is 47.6 Å². The van der Waals surface area contributed by atoms with Crippen molar-refractivity contribution in [1.82, 2.24) is 10.3 Å². The van der Waals surface area contributed by atoms with Crippen molar-refractivity contribution in [2.45, 2.75) is 18.9 Å². The summed E-state index contributed by atoms with van der Waals surface area (Å²) in [6.07, 6.45) is 5.46. The summed E-state index contributed by atoms with van der Waals surface area (Å²) in [6, 6.07) is 7.49. The number of pyridine rings is 1. The third-order valence-corrected chi connectivity index (χ3v) is 4.61. The van der Waals surface area contributed by atoms with Gasteiger partial charge in [0.15, 0.2) is 0 Å². The maximum atomic E-state index is 12.3. The van der Waals surface area contributed by atoms with Gasteiger partial charge < -0.3 is 10.1 Å². The Morgan fingerprint density at radius 3 is 2.86 bits per heavy atom. The van der Waals surface area contributed by atoms with Crippen LogP contribution in [0.2, 0.25) is 0 Å². The molecule has 5 nitrogen and oxygen atoms in total. The first kappa shape index (κ1) is 15.0. The Hall–Kier alpha value is -1.92. The highest BCUT2D eigenvalue weighted by Gasteiger charge is 2.27. The first-order valence-corrected chi connectivity index (χ1v) is 8.29. The van der Waals surface area contributed by atoms with Gasteiger partial charge in [0, 0.05) is 25.6 Å². The highest BCUT2D eigenvalue weighted by molar-refractivity contribution is 7.14. The number of nitrogens with one attached hydrogen (secondary N) is 2. The quantitative estimate of drug-likeness (QED) is 0.908. The average molecular weight is 317 g/mol. The number of urea groups is 1. The summed E-state index contributed by atoms with van der Waals surface area (Å²) >= 11 is 1.51. The maximum absolute atomic E-state index is 12.3. The minimum Gasteiger partial charge on any atom is -0.381 e. The predicted molar refractivity (Wildman–Crippen MR) is 87.0 cm³/mol. The van der Waals surface area contributed by atoms with Crippen LogP contribution < -0.4 is 10.6 Å². The molecular formula is C16H19N3O2S. The zero-order valence-electron chi connectivity index (χ0n) is 12.2. The molecule has 0 saturated carbocycles. The molecule has 3 rings (SSSR count). The Balaban J connectivity index is 1.71. The summed E-state index contributed by atoms with van der Waals surface area (Å²) in [6.45, 7) is 1.49. The van der Waals surface area contributed by atoms with Gasteiger partial charge in [0.25, 0.3) is 0 Å². The number of carbonyl (C=O) groups is 1. The van der Waals surface area contributed by atoms with Crippen molar-refractivity contribution in [3.8, 4) is 0 Å². The molecule has 1 atom stereocenters. The summed E-state index contributed by atoms with van der Waals surface area (Å²) in [5, 5.41) is 8.76. The molecule has 116 valence electrons. The Morgan fingerprint density at radius 1 is 1.32 bits per heavy atom. The number of thiophene rings is 1. The molecule has 0 spiro atoms. The lowest BCUT2D eigenvalue weighted by atomic mass is 9.88. The van der Waals surface area contributed by atoms with Crippen LogP contribution in [0, 0.1) is 5.92 Å². The number of ether oxygens (including phenoxy) is 1. The van der Waals surface area contributed by atoms with Gasteiger partial charge in [0.05, 0.1) is 11.0 Å². The van der Waals surface area contributed by atoms with Gasteiger partial charge in [-0.25, -0.2) is 4.79 Å². The van der Waals surface area contributed by atoms with Crippen LogP contribution in [0.5, 0.6) is 0 Å². The molecule has 2 amide bonds. The molecule has 1 aliphatic rings. The van der Waals surface area contributed by atoms with Crippen molar-refractivity contribution in [2.24, 2.45) is 5.92 Å². The number of hydrogen-bond donors (Lipinski definition) is 2. The van der Waals surface area contributed by atoms with Crippen molar-refractivity contribution < 1.29 is 9.53 Å². The third-order valence-electron chi connectivity index (χ3n) is 3.83. The zero-order chi connectivity index (χ0) is 15.2. The van der Waals surface area contributed by atoms with Crippen LogP contribution in [-0.4, -0.2) is 24.2 Å². The molecule has 0 aliphatic carbocycles. The van der Waals surface area contributed by atoms with E-state index < -0.39 is 0 Å². The van der Waals surface area contributed by atoms with E-state index in [1.165, 1.54) is 11.3 Å². The molecular weight excluding hydrogens is 298 g/mol. The van der Waals surface area contributed by atoms with Crippen LogP contribution in [-0.2, 0) is 4.74 Å².